The molecule has 0 saturated carbocycles. The molecule has 0 radical (unpaired) electrons. The maximum absolute atomic E-state index is 13.0. The molecular formula is C25H25BrN4O3. The summed E-state index contributed by atoms with van der Waals surface area (Å²) in [6, 6.07) is 14.1. The molecule has 0 aliphatic rings. The van der Waals surface area contributed by atoms with Gasteiger partial charge in [0, 0.05) is 6.20 Å². The summed E-state index contributed by atoms with van der Waals surface area (Å²) in [7, 11) is 0. The number of benzene rings is 2. The van der Waals surface area contributed by atoms with Gasteiger partial charge >= 0.3 is 0 Å². The average molecular weight is 509 g/mol. The molecule has 0 aliphatic heterocycles. The van der Waals surface area contributed by atoms with Gasteiger partial charge in [0.2, 0.25) is 0 Å². The molecule has 8 heteroatoms. The van der Waals surface area contributed by atoms with E-state index in [1.54, 1.807) is 11.6 Å². The van der Waals surface area contributed by atoms with Crippen molar-refractivity contribution in [3.8, 4) is 5.75 Å². The molecular weight excluding hydrogens is 484 g/mol. The largest absolute Gasteiger partial charge is 0.489 e. The van der Waals surface area contributed by atoms with Gasteiger partial charge in [-0.15, -0.1) is 0 Å². The Hall–Kier alpha value is -3.39. The minimum Gasteiger partial charge on any atom is -0.489 e. The lowest BCUT2D eigenvalue weighted by Gasteiger charge is -2.09. The van der Waals surface area contributed by atoms with Crippen LogP contribution in [-0.2, 0) is 13.2 Å². The number of anilines is 1. The molecule has 2 aromatic carbocycles. The Bertz CT molecular complexity index is 1290. The monoisotopic (exact) mass is 508 g/mol. The predicted molar refractivity (Wildman–Crippen MR) is 130 cm³/mol. The minimum atomic E-state index is -0.410. The standard InChI is InChI=1S/C25H25BrN4O3/c1-15-5-8-19(9-6-15)12-30-13-22(26)24(28-30)27-25(31)23-21(18(4)33-29-23)14-32-20-10-7-16(2)17(3)11-20/h5-11,13H,12,14H2,1-4H3,(H,27,28,31). The van der Waals surface area contributed by atoms with Gasteiger partial charge in [0.25, 0.3) is 5.91 Å². The molecule has 33 heavy (non-hydrogen) atoms. The van der Waals surface area contributed by atoms with Gasteiger partial charge < -0.3 is 14.6 Å². The average Bonchev–Trinajstić information content (AvgIpc) is 3.32. The van der Waals surface area contributed by atoms with Gasteiger partial charge in [0.15, 0.2) is 11.5 Å². The molecule has 0 fully saturated rings. The summed E-state index contributed by atoms with van der Waals surface area (Å²) >= 11 is 3.47. The van der Waals surface area contributed by atoms with Gasteiger partial charge in [0.1, 0.15) is 18.1 Å². The van der Waals surface area contributed by atoms with E-state index < -0.39 is 5.91 Å². The number of nitrogens with one attached hydrogen (secondary N) is 1. The third-order valence-corrected chi connectivity index (χ3v) is 6.06. The van der Waals surface area contributed by atoms with Gasteiger partial charge in [-0.25, -0.2) is 0 Å². The van der Waals surface area contributed by atoms with Crippen LogP contribution in [0.4, 0.5) is 5.82 Å². The second kappa shape index (κ2) is 9.62. The lowest BCUT2D eigenvalue weighted by molar-refractivity contribution is 0.101. The maximum atomic E-state index is 13.0. The fourth-order valence-electron chi connectivity index (χ4n) is 3.31. The Morgan fingerprint density at radius 2 is 1.85 bits per heavy atom. The molecule has 0 unspecified atom stereocenters. The molecule has 0 aliphatic carbocycles. The Morgan fingerprint density at radius 3 is 2.58 bits per heavy atom. The molecule has 4 aromatic rings. The second-order valence-corrected chi connectivity index (χ2v) is 8.92. The molecule has 0 saturated heterocycles. The predicted octanol–water partition coefficient (Wildman–Crippen LogP) is 5.75. The third kappa shape index (κ3) is 5.34. The lowest BCUT2D eigenvalue weighted by Crippen LogP contribution is -2.16. The molecule has 0 atom stereocenters. The molecule has 0 bridgehead atoms. The van der Waals surface area contributed by atoms with Crippen LogP contribution < -0.4 is 10.1 Å². The normalized spacial score (nSPS) is 10.9. The smallest absolute Gasteiger partial charge is 0.279 e. The lowest BCUT2D eigenvalue weighted by atomic mass is 10.1. The van der Waals surface area contributed by atoms with Crippen molar-refractivity contribution < 1.29 is 14.1 Å². The van der Waals surface area contributed by atoms with Crippen molar-refractivity contribution >= 4 is 27.7 Å². The third-order valence-electron chi connectivity index (χ3n) is 5.48. The van der Waals surface area contributed by atoms with Crippen LogP contribution in [-0.4, -0.2) is 20.8 Å². The van der Waals surface area contributed by atoms with Crippen LogP contribution in [0.2, 0.25) is 0 Å². The minimum absolute atomic E-state index is 0.170. The number of rotatable bonds is 7. The van der Waals surface area contributed by atoms with E-state index >= 15 is 0 Å². The van der Waals surface area contributed by atoms with Crippen LogP contribution in [0.25, 0.3) is 0 Å². The second-order valence-electron chi connectivity index (χ2n) is 8.06. The molecule has 2 aromatic heterocycles. The number of hydrogen-bond donors (Lipinski definition) is 1. The molecule has 4 rings (SSSR count). The molecule has 7 nitrogen and oxygen atoms in total. The van der Waals surface area contributed by atoms with Crippen LogP contribution >= 0.6 is 15.9 Å². The summed E-state index contributed by atoms with van der Waals surface area (Å²) in [4.78, 5) is 13.0. The number of amides is 1. The summed E-state index contributed by atoms with van der Waals surface area (Å²) < 4.78 is 13.6. The van der Waals surface area contributed by atoms with Gasteiger partial charge in [-0.3, -0.25) is 9.48 Å². The Morgan fingerprint density at radius 1 is 1.09 bits per heavy atom. The zero-order valence-corrected chi connectivity index (χ0v) is 20.6. The van der Waals surface area contributed by atoms with Gasteiger partial charge in [0.05, 0.1) is 16.6 Å². The summed E-state index contributed by atoms with van der Waals surface area (Å²) in [5.41, 5.74) is 5.42. The topological polar surface area (TPSA) is 82.2 Å². The Labute approximate surface area is 200 Å². The summed E-state index contributed by atoms with van der Waals surface area (Å²) in [6.07, 6.45) is 1.83. The van der Waals surface area contributed by atoms with Crippen LogP contribution in [0.5, 0.6) is 5.75 Å². The quantitative estimate of drug-likeness (QED) is 0.343. The zero-order chi connectivity index (χ0) is 23.5. The van der Waals surface area contributed by atoms with Gasteiger partial charge in [-0.05, 0) is 72.4 Å². The highest BCUT2D eigenvalue weighted by molar-refractivity contribution is 9.10. The zero-order valence-electron chi connectivity index (χ0n) is 19.0. The summed E-state index contributed by atoms with van der Waals surface area (Å²) in [6.45, 7) is 8.65. The Kier molecular flexibility index (Phi) is 6.65. The van der Waals surface area contributed by atoms with E-state index in [4.69, 9.17) is 9.26 Å². The van der Waals surface area contributed by atoms with Crippen LogP contribution in [0.3, 0.4) is 0 Å². The number of aromatic nitrogens is 3. The van der Waals surface area contributed by atoms with E-state index in [2.05, 4.69) is 62.7 Å². The van der Waals surface area contributed by atoms with Crippen LogP contribution in [0.1, 0.15) is 44.1 Å². The SMILES string of the molecule is Cc1ccc(Cn2cc(Br)c(NC(=O)c3noc(C)c3COc3ccc(C)c(C)c3)n2)cc1. The Balaban J connectivity index is 1.46. The number of carbonyl (C=O) groups excluding carboxylic acids is 1. The van der Waals surface area contributed by atoms with E-state index in [-0.39, 0.29) is 12.3 Å². The van der Waals surface area contributed by atoms with Crippen molar-refractivity contribution in [2.45, 2.75) is 40.8 Å². The van der Waals surface area contributed by atoms with E-state index in [9.17, 15) is 4.79 Å². The summed E-state index contributed by atoms with van der Waals surface area (Å²) in [5, 5.41) is 11.3. The number of carbonyl (C=O) groups is 1. The number of aryl methyl sites for hydroxylation is 4. The first kappa shape index (κ1) is 22.8. The van der Waals surface area contributed by atoms with Crippen molar-refractivity contribution in [3.05, 3.63) is 92.4 Å². The fourth-order valence-corrected chi connectivity index (χ4v) is 3.72. The molecule has 1 amide bonds. The number of halogens is 1. The van der Waals surface area contributed by atoms with Crippen molar-refractivity contribution in [1.82, 2.24) is 14.9 Å². The van der Waals surface area contributed by atoms with Crippen molar-refractivity contribution in [2.75, 3.05) is 5.32 Å². The number of nitrogens with zero attached hydrogens (tertiary/aromatic N) is 3. The molecule has 0 spiro atoms. The molecule has 2 heterocycles. The van der Waals surface area contributed by atoms with E-state index in [1.807, 2.05) is 38.2 Å². The number of hydrogen-bond acceptors (Lipinski definition) is 5. The van der Waals surface area contributed by atoms with Crippen molar-refractivity contribution in [1.29, 1.82) is 0 Å². The highest BCUT2D eigenvalue weighted by Gasteiger charge is 2.22. The van der Waals surface area contributed by atoms with E-state index in [0.29, 0.717) is 28.2 Å². The molecule has 170 valence electrons. The highest BCUT2D eigenvalue weighted by atomic mass is 79.9. The summed E-state index contributed by atoms with van der Waals surface area (Å²) in [5.74, 6) is 1.26. The molecule has 1 N–H and O–H groups in total. The van der Waals surface area contributed by atoms with E-state index in [1.165, 1.54) is 11.1 Å². The van der Waals surface area contributed by atoms with Gasteiger partial charge in [-0.1, -0.05) is 41.1 Å². The van der Waals surface area contributed by atoms with Crippen LogP contribution in [0, 0.1) is 27.7 Å². The first-order valence-corrected chi connectivity index (χ1v) is 11.3. The van der Waals surface area contributed by atoms with Crippen molar-refractivity contribution in [2.24, 2.45) is 0 Å². The first-order valence-electron chi connectivity index (χ1n) is 10.5. The van der Waals surface area contributed by atoms with Crippen LogP contribution in [0.15, 0.2) is 57.7 Å². The maximum Gasteiger partial charge on any atom is 0.279 e. The van der Waals surface area contributed by atoms with E-state index in [0.717, 1.165) is 16.9 Å². The fraction of sp³-hybridized carbons (Fsp3) is 0.240. The first-order chi connectivity index (χ1) is 15.8. The van der Waals surface area contributed by atoms with Crippen molar-refractivity contribution in [3.63, 3.8) is 0 Å². The van der Waals surface area contributed by atoms with Gasteiger partial charge in [-0.2, -0.15) is 5.10 Å². The highest BCUT2D eigenvalue weighted by Crippen LogP contribution is 2.24. The number of ether oxygens (including phenoxy) is 1.